The summed E-state index contributed by atoms with van der Waals surface area (Å²) in [6.07, 6.45) is -3.50. The van der Waals surface area contributed by atoms with Gasteiger partial charge in [0.2, 0.25) is 5.91 Å². The minimum absolute atomic E-state index is 0.267. The standard InChI is InChI=1S/C13H11F4N3O/c1-8-2-3-9(14)6-10(8)18-12(21)7-20-5-4-11(19-20)13(15,16)17/h2-6H,7H2,1H3,(H,18,21). The molecule has 1 amide bonds. The number of anilines is 1. The van der Waals surface area contributed by atoms with Crippen molar-refractivity contribution in [3.63, 3.8) is 0 Å². The fraction of sp³-hybridized carbons (Fsp3) is 0.231. The fourth-order valence-electron chi connectivity index (χ4n) is 1.67. The lowest BCUT2D eigenvalue weighted by Gasteiger charge is -2.08. The van der Waals surface area contributed by atoms with E-state index in [9.17, 15) is 22.4 Å². The predicted octanol–water partition coefficient (Wildman–Crippen LogP) is 2.99. The van der Waals surface area contributed by atoms with Gasteiger partial charge < -0.3 is 5.32 Å². The van der Waals surface area contributed by atoms with Gasteiger partial charge in [-0.25, -0.2) is 4.39 Å². The van der Waals surface area contributed by atoms with E-state index in [1.54, 1.807) is 6.92 Å². The van der Waals surface area contributed by atoms with E-state index in [4.69, 9.17) is 0 Å². The number of amides is 1. The normalized spacial score (nSPS) is 11.5. The summed E-state index contributed by atoms with van der Waals surface area (Å²) in [5.74, 6) is -1.12. The van der Waals surface area contributed by atoms with E-state index in [0.717, 1.165) is 23.0 Å². The Hall–Kier alpha value is -2.38. The van der Waals surface area contributed by atoms with Gasteiger partial charge in [-0.3, -0.25) is 9.48 Å². The molecule has 0 saturated carbocycles. The van der Waals surface area contributed by atoms with Crippen LogP contribution in [0.4, 0.5) is 23.2 Å². The molecule has 2 aromatic rings. The molecule has 21 heavy (non-hydrogen) atoms. The van der Waals surface area contributed by atoms with Crippen LogP contribution in [0, 0.1) is 12.7 Å². The van der Waals surface area contributed by atoms with Gasteiger partial charge in [0.15, 0.2) is 5.69 Å². The van der Waals surface area contributed by atoms with E-state index in [1.165, 1.54) is 12.1 Å². The average Bonchev–Trinajstić information content (AvgIpc) is 2.82. The van der Waals surface area contributed by atoms with Gasteiger partial charge in [0.1, 0.15) is 12.4 Å². The lowest BCUT2D eigenvalue weighted by atomic mass is 10.2. The Balaban J connectivity index is 2.05. The van der Waals surface area contributed by atoms with Gasteiger partial charge in [-0.1, -0.05) is 6.07 Å². The number of aryl methyl sites for hydroxylation is 1. The first-order chi connectivity index (χ1) is 9.75. The molecule has 4 nitrogen and oxygen atoms in total. The van der Waals surface area contributed by atoms with E-state index < -0.39 is 30.1 Å². The first kappa shape index (κ1) is 15.0. The number of nitrogens with one attached hydrogen (secondary N) is 1. The van der Waals surface area contributed by atoms with Crippen LogP contribution in [0.25, 0.3) is 0 Å². The monoisotopic (exact) mass is 301 g/mol. The molecule has 1 N–H and O–H groups in total. The van der Waals surface area contributed by atoms with Crippen LogP contribution < -0.4 is 5.32 Å². The highest BCUT2D eigenvalue weighted by molar-refractivity contribution is 5.91. The molecule has 1 aromatic carbocycles. The number of nitrogens with zero attached hydrogens (tertiary/aromatic N) is 2. The molecular weight excluding hydrogens is 290 g/mol. The van der Waals surface area contributed by atoms with Crippen molar-refractivity contribution in [2.24, 2.45) is 0 Å². The SMILES string of the molecule is Cc1ccc(F)cc1NC(=O)Cn1ccc(C(F)(F)F)n1. The van der Waals surface area contributed by atoms with Crippen molar-refractivity contribution in [3.8, 4) is 0 Å². The van der Waals surface area contributed by atoms with Crippen molar-refractivity contribution < 1.29 is 22.4 Å². The van der Waals surface area contributed by atoms with E-state index in [2.05, 4.69) is 10.4 Å². The highest BCUT2D eigenvalue weighted by atomic mass is 19.4. The molecule has 0 radical (unpaired) electrons. The summed E-state index contributed by atoms with van der Waals surface area (Å²) >= 11 is 0. The molecule has 0 bridgehead atoms. The maximum atomic E-state index is 13.1. The number of benzene rings is 1. The largest absolute Gasteiger partial charge is 0.435 e. The summed E-state index contributed by atoms with van der Waals surface area (Å²) in [5, 5.41) is 5.69. The minimum Gasteiger partial charge on any atom is -0.324 e. The van der Waals surface area contributed by atoms with E-state index in [1.807, 2.05) is 0 Å². The number of hydrogen-bond donors (Lipinski definition) is 1. The molecule has 0 spiro atoms. The van der Waals surface area contributed by atoms with Crippen molar-refractivity contribution in [2.45, 2.75) is 19.6 Å². The lowest BCUT2D eigenvalue weighted by Crippen LogP contribution is -2.20. The number of carbonyl (C=O) groups excluding carboxylic acids is 1. The highest BCUT2D eigenvalue weighted by Gasteiger charge is 2.33. The molecule has 0 saturated heterocycles. The molecule has 0 unspecified atom stereocenters. The molecule has 8 heteroatoms. The average molecular weight is 301 g/mol. The van der Waals surface area contributed by atoms with Crippen molar-refractivity contribution in [3.05, 3.63) is 47.5 Å². The minimum atomic E-state index is -4.55. The molecule has 2 rings (SSSR count). The zero-order valence-electron chi connectivity index (χ0n) is 10.9. The van der Waals surface area contributed by atoms with Crippen molar-refractivity contribution in [1.82, 2.24) is 9.78 Å². The fourth-order valence-corrected chi connectivity index (χ4v) is 1.67. The van der Waals surface area contributed by atoms with Gasteiger partial charge in [0, 0.05) is 11.9 Å². The summed E-state index contributed by atoms with van der Waals surface area (Å²) in [6, 6.07) is 4.65. The van der Waals surface area contributed by atoms with Crippen LogP contribution in [0.2, 0.25) is 0 Å². The summed E-state index contributed by atoms with van der Waals surface area (Å²) in [5.41, 5.74) is -0.165. The molecule has 0 aliphatic heterocycles. The summed E-state index contributed by atoms with van der Waals surface area (Å²) in [4.78, 5) is 11.7. The summed E-state index contributed by atoms with van der Waals surface area (Å²) in [6.45, 7) is 1.27. The van der Waals surface area contributed by atoms with Crippen molar-refractivity contribution in [2.75, 3.05) is 5.32 Å². The third-order valence-electron chi connectivity index (χ3n) is 2.71. The molecule has 0 atom stereocenters. The van der Waals surface area contributed by atoms with E-state index in [-0.39, 0.29) is 5.69 Å². The quantitative estimate of drug-likeness (QED) is 0.886. The van der Waals surface area contributed by atoms with Crippen LogP contribution in [-0.4, -0.2) is 15.7 Å². The molecular formula is C13H11F4N3O. The molecule has 112 valence electrons. The topological polar surface area (TPSA) is 46.9 Å². The molecule has 0 fully saturated rings. The first-order valence-electron chi connectivity index (χ1n) is 5.92. The van der Waals surface area contributed by atoms with Crippen LogP contribution in [0.3, 0.4) is 0 Å². The predicted molar refractivity (Wildman–Crippen MR) is 67.0 cm³/mol. The van der Waals surface area contributed by atoms with E-state index in [0.29, 0.717) is 5.56 Å². The zero-order valence-corrected chi connectivity index (χ0v) is 10.9. The summed E-state index contributed by atoms with van der Waals surface area (Å²) < 4.78 is 51.0. The third kappa shape index (κ3) is 3.80. The molecule has 0 aliphatic rings. The molecule has 1 heterocycles. The van der Waals surface area contributed by atoms with Gasteiger partial charge in [-0.05, 0) is 30.7 Å². The second-order valence-electron chi connectivity index (χ2n) is 4.40. The Morgan fingerprint density at radius 2 is 2.05 bits per heavy atom. The Kier molecular flexibility index (Phi) is 3.97. The van der Waals surface area contributed by atoms with Crippen LogP contribution >= 0.6 is 0 Å². The van der Waals surface area contributed by atoms with Gasteiger partial charge >= 0.3 is 6.18 Å². The number of rotatable bonds is 3. The van der Waals surface area contributed by atoms with Gasteiger partial charge in [-0.15, -0.1) is 0 Å². The molecule has 1 aromatic heterocycles. The zero-order chi connectivity index (χ0) is 15.6. The number of carbonyl (C=O) groups is 1. The van der Waals surface area contributed by atoms with Gasteiger partial charge in [0.25, 0.3) is 0 Å². The Morgan fingerprint density at radius 1 is 1.33 bits per heavy atom. The van der Waals surface area contributed by atoms with Crippen LogP contribution in [-0.2, 0) is 17.5 Å². The van der Waals surface area contributed by atoms with Crippen LogP contribution in [0.1, 0.15) is 11.3 Å². The second-order valence-corrected chi connectivity index (χ2v) is 4.40. The van der Waals surface area contributed by atoms with Gasteiger partial charge in [0.05, 0.1) is 0 Å². The first-order valence-corrected chi connectivity index (χ1v) is 5.92. The highest BCUT2D eigenvalue weighted by Crippen LogP contribution is 2.27. The van der Waals surface area contributed by atoms with Crippen LogP contribution in [0.15, 0.2) is 30.5 Å². The van der Waals surface area contributed by atoms with E-state index >= 15 is 0 Å². The number of hydrogen-bond acceptors (Lipinski definition) is 2. The number of alkyl halides is 3. The third-order valence-corrected chi connectivity index (χ3v) is 2.71. The molecule has 0 aliphatic carbocycles. The second kappa shape index (κ2) is 5.55. The van der Waals surface area contributed by atoms with Gasteiger partial charge in [-0.2, -0.15) is 18.3 Å². The Labute approximate surface area is 117 Å². The number of halogens is 4. The van der Waals surface area contributed by atoms with Crippen molar-refractivity contribution >= 4 is 11.6 Å². The maximum Gasteiger partial charge on any atom is 0.435 e. The van der Waals surface area contributed by atoms with Crippen LogP contribution in [0.5, 0.6) is 0 Å². The van der Waals surface area contributed by atoms with Crippen molar-refractivity contribution in [1.29, 1.82) is 0 Å². The summed E-state index contributed by atoms with van der Waals surface area (Å²) in [7, 11) is 0. The number of aromatic nitrogens is 2. The Bertz CT molecular complexity index is 664. The lowest BCUT2D eigenvalue weighted by molar-refractivity contribution is -0.141. The maximum absolute atomic E-state index is 13.1. The Morgan fingerprint density at radius 3 is 2.67 bits per heavy atom. The smallest absolute Gasteiger partial charge is 0.324 e.